The predicted molar refractivity (Wildman–Crippen MR) is 137 cm³/mol. The van der Waals surface area contributed by atoms with Crippen LogP contribution in [0.4, 0.5) is 22.0 Å². The highest BCUT2D eigenvalue weighted by Crippen LogP contribution is 2.31. The van der Waals surface area contributed by atoms with E-state index in [1.807, 2.05) is 66.6 Å². The van der Waals surface area contributed by atoms with Crippen molar-refractivity contribution in [1.82, 2.24) is 29.5 Å². The van der Waals surface area contributed by atoms with Crippen molar-refractivity contribution in [3.8, 4) is 11.5 Å². The van der Waals surface area contributed by atoms with Crippen LogP contribution >= 0.6 is 0 Å². The first-order chi connectivity index (χ1) is 17.6. The quantitative estimate of drug-likeness (QED) is 0.358. The summed E-state index contributed by atoms with van der Waals surface area (Å²) in [5, 5.41) is 11.3. The van der Waals surface area contributed by atoms with Gasteiger partial charge in [-0.05, 0) is 67.8 Å². The fourth-order valence-electron chi connectivity index (χ4n) is 4.32. The van der Waals surface area contributed by atoms with E-state index < -0.39 is 0 Å². The molecule has 10 heteroatoms. The number of likely N-dealkylation sites (tertiary alicyclic amines) is 1. The van der Waals surface area contributed by atoms with Gasteiger partial charge in [0.15, 0.2) is 5.65 Å². The third-order valence-electron chi connectivity index (χ3n) is 6.20. The minimum Gasteiger partial charge on any atom is -0.457 e. The number of aromatic nitrogens is 5. The second-order valence-electron chi connectivity index (χ2n) is 8.71. The molecule has 1 fully saturated rings. The van der Waals surface area contributed by atoms with E-state index in [9.17, 15) is 4.79 Å². The molecule has 1 aliphatic heterocycles. The highest BCUT2D eigenvalue weighted by atomic mass is 16.5. The molecule has 36 heavy (non-hydrogen) atoms. The van der Waals surface area contributed by atoms with Gasteiger partial charge in [-0.2, -0.15) is 5.10 Å². The maximum absolute atomic E-state index is 12.5. The number of nitrogens with zero attached hydrogens (tertiary/aromatic N) is 6. The van der Waals surface area contributed by atoms with E-state index >= 15 is 0 Å². The fourth-order valence-corrected chi connectivity index (χ4v) is 4.32. The van der Waals surface area contributed by atoms with Gasteiger partial charge in [0.1, 0.15) is 30.0 Å². The van der Waals surface area contributed by atoms with E-state index in [0.717, 1.165) is 59.5 Å². The molecule has 1 aliphatic rings. The molecule has 180 valence electrons. The van der Waals surface area contributed by atoms with Crippen molar-refractivity contribution in [3.63, 3.8) is 0 Å². The average molecular weight is 481 g/mol. The Balaban J connectivity index is 1.22. The molecule has 0 radical (unpaired) electrons. The number of anilines is 3. The standard InChI is InChI=1S/C26H24N8O2/c1-17-12-18(5-7-23(17)36-20-8-11-34-24(14-20)28-16-30-34)31-25-21-13-19(4-6-22(21)27-15-29-25)32-26(35)33-9-2-3-10-33/h4-8,11-16H,2-3,9-10H2,1H3,(H,32,35)(H,27,29,31). The van der Waals surface area contributed by atoms with E-state index in [0.29, 0.717) is 17.3 Å². The van der Waals surface area contributed by atoms with Crippen molar-refractivity contribution in [1.29, 1.82) is 0 Å². The molecule has 0 spiro atoms. The number of hydrogen-bond donors (Lipinski definition) is 2. The second-order valence-corrected chi connectivity index (χ2v) is 8.71. The van der Waals surface area contributed by atoms with Gasteiger partial charge in [-0.15, -0.1) is 0 Å². The van der Waals surface area contributed by atoms with Crippen molar-refractivity contribution < 1.29 is 9.53 Å². The van der Waals surface area contributed by atoms with Crippen LogP contribution in [-0.2, 0) is 0 Å². The van der Waals surface area contributed by atoms with Crippen LogP contribution in [0.25, 0.3) is 16.6 Å². The average Bonchev–Trinajstić information content (AvgIpc) is 3.58. The smallest absolute Gasteiger partial charge is 0.321 e. The number of ether oxygens (including phenoxy) is 1. The molecule has 0 saturated carbocycles. The van der Waals surface area contributed by atoms with E-state index in [2.05, 4.69) is 30.7 Å². The first kappa shape index (κ1) is 21.8. The van der Waals surface area contributed by atoms with Crippen LogP contribution in [0.2, 0.25) is 0 Å². The van der Waals surface area contributed by atoms with Crippen LogP contribution < -0.4 is 15.4 Å². The summed E-state index contributed by atoms with van der Waals surface area (Å²) in [6.45, 7) is 3.58. The van der Waals surface area contributed by atoms with Crippen molar-refractivity contribution in [3.05, 3.63) is 72.9 Å². The Labute approximate surface area is 207 Å². The Hall–Kier alpha value is -4.73. The highest BCUT2D eigenvalue weighted by molar-refractivity contribution is 5.96. The minimum absolute atomic E-state index is 0.0763. The number of hydrogen-bond acceptors (Lipinski definition) is 7. The van der Waals surface area contributed by atoms with Gasteiger partial charge in [0.25, 0.3) is 0 Å². The summed E-state index contributed by atoms with van der Waals surface area (Å²) in [5.41, 5.74) is 4.03. The molecular formula is C26H24N8O2. The van der Waals surface area contributed by atoms with Gasteiger partial charge in [-0.3, -0.25) is 0 Å². The molecule has 0 unspecified atom stereocenters. The number of urea groups is 1. The molecule has 6 rings (SSSR count). The van der Waals surface area contributed by atoms with Gasteiger partial charge >= 0.3 is 6.03 Å². The molecule has 1 saturated heterocycles. The van der Waals surface area contributed by atoms with E-state index in [1.54, 1.807) is 4.52 Å². The lowest BCUT2D eigenvalue weighted by atomic mass is 10.1. The molecule has 3 aromatic heterocycles. The number of aryl methyl sites for hydroxylation is 1. The number of carbonyl (C=O) groups excluding carboxylic acids is 1. The summed E-state index contributed by atoms with van der Waals surface area (Å²) in [5.74, 6) is 2.08. The molecule has 4 heterocycles. The zero-order chi connectivity index (χ0) is 24.5. The Bertz CT molecular complexity index is 1580. The van der Waals surface area contributed by atoms with Crippen LogP contribution in [0.3, 0.4) is 0 Å². The third-order valence-corrected chi connectivity index (χ3v) is 6.20. The first-order valence-corrected chi connectivity index (χ1v) is 11.8. The Kier molecular flexibility index (Phi) is 5.53. The number of nitrogens with one attached hydrogen (secondary N) is 2. The summed E-state index contributed by atoms with van der Waals surface area (Å²) in [4.78, 5) is 27.4. The van der Waals surface area contributed by atoms with Crippen LogP contribution in [0.5, 0.6) is 11.5 Å². The number of carbonyl (C=O) groups is 1. The van der Waals surface area contributed by atoms with Gasteiger partial charge in [0, 0.05) is 42.1 Å². The lowest BCUT2D eigenvalue weighted by molar-refractivity contribution is 0.222. The van der Waals surface area contributed by atoms with Crippen LogP contribution in [-0.4, -0.2) is 48.6 Å². The topological polar surface area (TPSA) is 110 Å². The molecule has 2 aromatic carbocycles. The van der Waals surface area contributed by atoms with Gasteiger partial charge in [0.05, 0.1) is 5.52 Å². The van der Waals surface area contributed by atoms with E-state index in [-0.39, 0.29) is 6.03 Å². The van der Waals surface area contributed by atoms with E-state index in [1.165, 1.54) is 12.7 Å². The van der Waals surface area contributed by atoms with Gasteiger partial charge in [0.2, 0.25) is 0 Å². The summed E-state index contributed by atoms with van der Waals surface area (Å²) >= 11 is 0. The molecule has 0 aliphatic carbocycles. The van der Waals surface area contributed by atoms with Crippen LogP contribution in [0.15, 0.2) is 67.4 Å². The zero-order valence-electron chi connectivity index (χ0n) is 19.7. The fraction of sp³-hybridized carbons (Fsp3) is 0.192. The summed E-state index contributed by atoms with van der Waals surface area (Å²) in [7, 11) is 0. The highest BCUT2D eigenvalue weighted by Gasteiger charge is 2.18. The summed E-state index contributed by atoms with van der Waals surface area (Å²) in [6.07, 6.45) is 6.94. The number of pyridine rings is 1. The number of fused-ring (bicyclic) bond motifs is 2. The molecular weight excluding hydrogens is 456 g/mol. The van der Waals surface area contributed by atoms with Crippen LogP contribution in [0, 0.1) is 6.92 Å². The normalized spacial score (nSPS) is 13.3. The molecule has 10 nitrogen and oxygen atoms in total. The largest absolute Gasteiger partial charge is 0.457 e. The Morgan fingerprint density at radius 2 is 1.81 bits per heavy atom. The SMILES string of the molecule is Cc1cc(Nc2ncnc3ccc(NC(=O)N4CCCC4)cc23)ccc1Oc1ccn2ncnc2c1. The Morgan fingerprint density at radius 3 is 2.67 bits per heavy atom. The molecule has 0 bridgehead atoms. The number of benzene rings is 2. The van der Waals surface area contributed by atoms with Gasteiger partial charge < -0.3 is 20.3 Å². The van der Waals surface area contributed by atoms with Crippen molar-refractivity contribution >= 4 is 39.8 Å². The number of amides is 2. The second kappa shape index (κ2) is 9.14. The predicted octanol–water partition coefficient (Wildman–Crippen LogP) is 5.14. The van der Waals surface area contributed by atoms with Crippen molar-refractivity contribution in [2.75, 3.05) is 23.7 Å². The molecule has 2 amide bonds. The van der Waals surface area contributed by atoms with Gasteiger partial charge in [-0.1, -0.05) is 0 Å². The third kappa shape index (κ3) is 4.36. The van der Waals surface area contributed by atoms with E-state index in [4.69, 9.17) is 4.74 Å². The molecule has 2 N–H and O–H groups in total. The van der Waals surface area contributed by atoms with Gasteiger partial charge in [-0.25, -0.2) is 24.3 Å². The monoisotopic (exact) mass is 480 g/mol. The number of rotatable bonds is 5. The zero-order valence-corrected chi connectivity index (χ0v) is 19.7. The lowest BCUT2D eigenvalue weighted by Gasteiger charge is -2.17. The van der Waals surface area contributed by atoms with Crippen molar-refractivity contribution in [2.45, 2.75) is 19.8 Å². The Morgan fingerprint density at radius 1 is 0.944 bits per heavy atom. The maximum atomic E-state index is 12.5. The minimum atomic E-state index is -0.0763. The first-order valence-electron chi connectivity index (χ1n) is 11.8. The maximum Gasteiger partial charge on any atom is 0.321 e. The summed E-state index contributed by atoms with van der Waals surface area (Å²) in [6, 6.07) is 15.1. The lowest BCUT2D eigenvalue weighted by Crippen LogP contribution is -2.32. The molecule has 5 aromatic rings. The summed E-state index contributed by atoms with van der Waals surface area (Å²) < 4.78 is 7.76. The van der Waals surface area contributed by atoms with Crippen LogP contribution in [0.1, 0.15) is 18.4 Å². The molecule has 0 atom stereocenters. The van der Waals surface area contributed by atoms with Crippen molar-refractivity contribution in [2.24, 2.45) is 0 Å².